The maximum absolute atomic E-state index is 12.6. The van der Waals surface area contributed by atoms with Crippen molar-refractivity contribution in [2.24, 2.45) is 0 Å². The molecule has 3 aromatic carbocycles. The summed E-state index contributed by atoms with van der Waals surface area (Å²) < 4.78 is 27.6. The molecule has 3 N–H and O–H groups in total. The fourth-order valence-corrected chi connectivity index (χ4v) is 4.67. The highest BCUT2D eigenvalue weighted by molar-refractivity contribution is 7.92. The molecule has 5 nitrogen and oxygen atoms in total. The summed E-state index contributed by atoms with van der Waals surface area (Å²) in [7, 11) is -3.82. The van der Waals surface area contributed by atoms with Crippen LogP contribution >= 0.6 is 58.6 Å². The lowest BCUT2D eigenvalue weighted by atomic mass is 10.3. The monoisotopic (exact) mass is 519 g/mol. The molecule has 0 fully saturated rings. The Balaban J connectivity index is 1.68. The molecule has 3 aromatic rings. The van der Waals surface area contributed by atoms with Gasteiger partial charge in [-0.2, -0.15) is 0 Å². The van der Waals surface area contributed by atoms with Crippen molar-refractivity contribution in [2.75, 3.05) is 15.4 Å². The van der Waals surface area contributed by atoms with Crippen LogP contribution in [0, 0.1) is 0 Å². The van der Waals surface area contributed by atoms with Crippen LogP contribution < -0.4 is 15.4 Å². The van der Waals surface area contributed by atoms with Crippen molar-refractivity contribution < 1.29 is 8.42 Å². The molecule has 0 bridgehead atoms. The van der Waals surface area contributed by atoms with Gasteiger partial charge in [0.2, 0.25) is 0 Å². The fourth-order valence-electron chi connectivity index (χ4n) is 2.42. The van der Waals surface area contributed by atoms with Crippen LogP contribution in [0.15, 0.2) is 65.6 Å². The summed E-state index contributed by atoms with van der Waals surface area (Å²) in [5.41, 5.74) is 1.43. The number of sulfonamides is 1. The van der Waals surface area contributed by atoms with E-state index < -0.39 is 10.0 Å². The first kappa shape index (κ1) is 22.9. The normalized spacial score (nSPS) is 11.1. The van der Waals surface area contributed by atoms with E-state index in [1.165, 1.54) is 30.3 Å². The average Bonchev–Trinajstić information content (AvgIpc) is 2.63. The molecule has 0 aliphatic rings. The van der Waals surface area contributed by atoms with Gasteiger partial charge in [-0.3, -0.25) is 4.72 Å². The first-order valence-corrected chi connectivity index (χ1v) is 11.6. The van der Waals surface area contributed by atoms with Crippen LogP contribution in [0.1, 0.15) is 0 Å². The molecule has 0 radical (unpaired) electrons. The lowest BCUT2D eigenvalue weighted by molar-refractivity contribution is 0.601. The van der Waals surface area contributed by atoms with Gasteiger partial charge in [-0.15, -0.1) is 0 Å². The highest BCUT2D eigenvalue weighted by Crippen LogP contribution is 2.27. The zero-order chi connectivity index (χ0) is 21.9. The Hall–Kier alpha value is -1.74. The van der Waals surface area contributed by atoms with Crippen molar-refractivity contribution in [3.05, 3.63) is 80.8 Å². The summed E-state index contributed by atoms with van der Waals surface area (Å²) in [6.07, 6.45) is 0. The summed E-state index contributed by atoms with van der Waals surface area (Å²) in [5.74, 6) is 0. The van der Waals surface area contributed by atoms with Crippen molar-refractivity contribution >= 4 is 90.8 Å². The van der Waals surface area contributed by atoms with Gasteiger partial charge in [-0.1, -0.05) is 46.4 Å². The van der Waals surface area contributed by atoms with E-state index in [0.717, 1.165) is 0 Å². The van der Waals surface area contributed by atoms with Crippen molar-refractivity contribution in [2.45, 2.75) is 4.90 Å². The second-order valence-corrected chi connectivity index (χ2v) is 9.80. The number of nitrogens with one attached hydrogen (secondary N) is 3. The van der Waals surface area contributed by atoms with Gasteiger partial charge < -0.3 is 10.6 Å². The third kappa shape index (κ3) is 6.14. The molecule has 156 valence electrons. The molecule has 0 saturated carbocycles. The minimum absolute atomic E-state index is 0.0590. The highest BCUT2D eigenvalue weighted by atomic mass is 35.5. The van der Waals surface area contributed by atoms with Crippen LogP contribution in [0.5, 0.6) is 0 Å². The van der Waals surface area contributed by atoms with Crippen LogP contribution in [0.4, 0.5) is 17.1 Å². The molecular weight excluding hydrogens is 508 g/mol. The predicted octanol–water partition coefficient (Wildman–Crippen LogP) is 6.91. The Morgan fingerprint density at radius 3 is 1.97 bits per heavy atom. The van der Waals surface area contributed by atoms with E-state index in [4.69, 9.17) is 58.6 Å². The third-order valence-corrected chi connectivity index (χ3v) is 6.30. The van der Waals surface area contributed by atoms with Gasteiger partial charge in [0, 0.05) is 20.8 Å². The van der Waals surface area contributed by atoms with Crippen molar-refractivity contribution in [3.63, 3.8) is 0 Å². The molecular formula is C19H13Cl4N3O2S2. The lowest BCUT2D eigenvalue weighted by Gasteiger charge is -2.13. The third-order valence-electron chi connectivity index (χ3n) is 3.72. The summed E-state index contributed by atoms with van der Waals surface area (Å²) in [6.45, 7) is 0. The van der Waals surface area contributed by atoms with Crippen LogP contribution in [-0.4, -0.2) is 13.5 Å². The number of halogens is 4. The second-order valence-electron chi connectivity index (χ2n) is 5.99. The Morgan fingerprint density at radius 1 is 0.733 bits per heavy atom. The second kappa shape index (κ2) is 9.60. The Morgan fingerprint density at radius 2 is 1.37 bits per heavy atom. The van der Waals surface area contributed by atoms with Crippen molar-refractivity contribution in [1.29, 1.82) is 0 Å². The fraction of sp³-hybridized carbons (Fsp3) is 0. The van der Waals surface area contributed by atoms with E-state index in [1.54, 1.807) is 30.3 Å². The summed E-state index contributed by atoms with van der Waals surface area (Å²) in [6, 6.07) is 15.4. The number of hydrogen-bond donors (Lipinski definition) is 3. The van der Waals surface area contributed by atoms with E-state index in [9.17, 15) is 8.42 Å². The Bertz CT molecular complexity index is 1180. The smallest absolute Gasteiger partial charge is 0.261 e. The Labute approximate surface area is 199 Å². The van der Waals surface area contributed by atoms with E-state index in [-0.39, 0.29) is 15.7 Å². The standard InChI is InChI=1S/C19H13Cl4N3O2S2/c20-11-1-6-18(17(23)10-11)25-19(29)24-14-2-4-16(5-3-14)30(27,28)26-15-8-12(21)7-13(22)9-15/h1-10,26H,(H2,24,25,29). The van der Waals surface area contributed by atoms with E-state index >= 15 is 0 Å². The average molecular weight is 521 g/mol. The van der Waals surface area contributed by atoms with Gasteiger partial charge in [0.25, 0.3) is 10.0 Å². The van der Waals surface area contributed by atoms with Crippen LogP contribution in [0.3, 0.4) is 0 Å². The summed E-state index contributed by atoms with van der Waals surface area (Å²) in [5, 5.41) is 7.75. The molecule has 11 heteroatoms. The van der Waals surface area contributed by atoms with E-state index in [0.29, 0.717) is 31.5 Å². The number of hydrogen-bond acceptors (Lipinski definition) is 3. The highest BCUT2D eigenvalue weighted by Gasteiger charge is 2.15. The van der Waals surface area contributed by atoms with Crippen LogP contribution in [0.2, 0.25) is 20.1 Å². The SMILES string of the molecule is O=S(=O)(Nc1cc(Cl)cc(Cl)c1)c1ccc(NC(=S)Nc2ccc(Cl)cc2Cl)cc1. The maximum Gasteiger partial charge on any atom is 0.261 e. The molecule has 0 aliphatic heterocycles. The molecule has 0 aliphatic carbocycles. The van der Waals surface area contributed by atoms with E-state index in [1.807, 2.05) is 0 Å². The van der Waals surface area contributed by atoms with Gasteiger partial charge in [-0.05, 0) is 72.9 Å². The van der Waals surface area contributed by atoms with Crippen molar-refractivity contribution in [1.82, 2.24) is 0 Å². The molecule has 0 spiro atoms. The zero-order valence-electron chi connectivity index (χ0n) is 14.9. The van der Waals surface area contributed by atoms with Crippen molar-refractivity contribution in [3.8, 4) is 0 Å². The molecule has 0 aromatic heterocycles. The Kier molecular flexibility index (Phi) is 7.34. The first-order chi connectivity index (χ1) is 14.1. The summed E-state index contributed by atoms with van der Waals surface area (Å²) in [4.78, 5) is 0.0590. The topological polar surface area (TPSA) is 70.2 Å². The van der Waals surface area contributed by atoms with Gasteiger partial charge in [0.05, 0.1) is 21.3 Å². The number of thiocarbonyl (C=S) groups is 1. The molecule has 3 rings (SSSR count). The molecule has 0 atom stereocenters. The van der Waals surface area contributed by atoms with Gasteiger partial charge in [-0.25, -0.2) is 8.42 Å². The van der Waals surface area contributed by atoms with Crippen LogP contribution in [0.25, 0.3) is 0 Å². The zero-order valence-corrected chi connectivity index (χ0v) is 19.6. The number of anilines is 3. The van der Waals surface area contributed by atoms with Gasteiger partial charge in [0.15, 0.2) is 5.11 Å². The largest absolute Gasteiger partial charge is 0.332 e. The lowest BCUT2D eigenvalue weighted by Crippen LogP contribution is -2.19. The molecule has 30 heavy (non-hydrogen) atoms. The summed E-state index contributed by atoms with van der Waals surface area (Å²) >= 11 is 29.1. The quantitative estimate of drug-likeness (QED) is 0.319. The first-order valence-electron chi connectivity index (χ1n) is 8.24. The van der Waals surface area contributed by atoms with Gasteiger partial charge >= 0.3 is 0 Å². The minimum Gasteiger partial charge on any atom is -0.332 e. The van der Waals surface area contributed by atoms with Gasteiger partial charge in [0.1, 0.15) is 0 Å². The minimum atomic E-state index is -3.82. The van der Waals surface area contributed by atoms with Crippen LogP contribution in [-0.2, 0) is 10.0 Å². The molecule has 0 heterocycles. The molecule has 0 unspecified atom stereocenters. The predicted molar refractivity (Wildman–Crippen MR) is 130 cm³/mol. The number of rotatable bonds is 5. The molecule has 0 amide bonds. The maximum atomic E-state index is 12.6. The molecule has 0 saturated heterocycles. The number of benzene rings is 3. The van der Waals surface area contributed by atoms with E-state index in [2.05, 4.69) is 15.4 Å².